The second kappa shape index (κ2) is 9.23. The molecule has 2 aromatic rings. The van der Waals surface area contributed by atoms with Crippen molar-refractivity contribution in [2.75, 3.05) is 44.8 Å². The predicted molar refractivity (Wildman–Crippen MR) is 104 cm³/mol. The fourth-order valence-electron chi connectivity index (χ4n) is 3.06. The quantitative estimate of drug-likeness (QED) is 0.764. The third-order valence-electron chi connectivity index (χ3n) is 4.77. The lowest BCUT2D eigenvalue weighted by Crippen LogP contribution is -2.49. The lowest BCUT2D eigenvalue weighted by atomic mass is 10.1. The zero-order chi connectivity index (χ0) is 19.9. The van der Waals surface area contributed by atoms with Crippen molar-refractivity contribution in [3.63, 3.8) is 0 Å². The molecule has 1 aliphatic rings. The summed E-state index contributed by atoms with van der Waals surface area (Å²) in [6.45, 7) is 2.23. The number of methoxy groups -OCH3 is 1. The van der Waals surface area contributed by atoms with Crippen LogP contribution in [0.5, 0.6) is 5.75 Å². The molecule has 1 N–H and O–H groups in total. The molecule has 0 atom stereocenters. The number of aliphatic hydroxyl groups excluding tert-OH is 1. The SMILES string of the molecule is COc1ccc(N2CCN(C(=O)COC(=O)c3ccc(CO)cc3)CC2)cc1. The Bertz CT molecular complexity index is 797. The normalized spacial score (nSPS) is 13.9. The molecule has 1 fully saturated rings. The van der Waals surface area contributed by atoms with Gasteiger partial charge < -0.3 is 24.4 Å². The number of nitrogens with zero attached hydrogens (tertiary/aromatic N) is 2. The highest BCUT2D eigenvalue weighted by molar-refractivity contribution is 5.91. The van der Waals surface area contributed by atoms with Gasteiger partial charge in [0.2, 0.25) is 0 Å². The summed E-state index contributed by atoms with van der Waals surface area (Å²) < 4.78 is 10.3. The maximum Gasteiger partial charge on any atom is 0.338 e. The number of esters is 1. The number of ether oxygens (including phenoxy) is 2. The fraction of sp³-hybridized carbons (Fsp3) is 0.333. The third-order valence-corrected chi connectivity index (χ3v) is 4.77. The molecule has 28 heavy (non-hydrogen) atoms. The Morgan fingerprint density at radius 3 is 2.18 bits per heavy atom. The zero-order valence-corrected chi connectivity index (χ0v) is 15.8. The molecule has 1 heterocycles. The van der Waals surface area contributed by atoms with Crippen molar-refractivity contribution in [2.45, 2.75) is 6.61 Å². The summed E-state index contributed by atoms with van der Waals surface area (Å²) in [5.74, 6) is 0.0646. The van der Waals surface area contributed by atoms with Crippen LogP contribution in [-0.2, 0) is 16.1 Å². The van der Waals surface area contributed by atoms with E-state index < -0.39 is 5.97 Å². The van der Waals surface area contributed by atoms with Crippen molar-refractivity contribution in [3.8, 4) is 5.75 Å². The van der Waals surface area contributed by atoms with E-state index in [2.05, 4.69) is 4.90 Å². The Kier molecular flexibility index (Phi) is 6.49. The molecule has 1 amide bonds. The van der Waals surface area contributed by atoms with Gasteiger partial charge in [-0.2, -0.15) is 0 Å². The molecule has 0 bridgehead atoms. The van der Waals surface area contributed by atoms with E-state index in [0.29, 0.717) is 37.3 Å². The van der Waals surface area contributed by atoms with Gasteiger partial charge in [0, 0.05) is 31.9 Å². The molecule has 0 saturated carbocycles. The van der Waals surface area contributed by atoms with Crippen LogP contribution >= 0.6 is 0 Å². The largest absolute Gasteiger partial charge is 0.497 e. The van der Waals surface area contributed by atoms with Gasteiger partial charge in [-0.05, 0) is 42.0 Å². The second-order valence-corrected chi connectivity index (χ2v) is 6.50. The topological polar surface area (TPSA) is 79.3 Å². The molecule has 3 rings (SSSR count). The van der Waals surface area contributed by atoms with Crippen molar-refractivity contribution < 1.29 is 24.2 Å². The first-order valence-corrected chi connectivity index (χ1v) is 9.14. The number of carbonyl (C=O) groups excluding carboxylic acids is 2. The van der Waals surface area contributed by atoms with Crippen LogP contribution in [0.3, 0.4) is 0 Å². The number of piperazine rings is 1. The van der Waals surface area contributed by atoms with Crippen LogP contribution in [0.2, 0.25) is 0 Å². The van der Waals surface area contributed by atoms with E-state index in [1.807, 2.05) is 24.3 Å². The number of benzene rings is 2. The number of amides is 1. The summed E-state index contributed by atoms with van der Waals surface area (Å²) in [4.78, 5) is 28.3. The lowest BCUT2D eigenvalue weighted by Gasteiger charge is -2.36. The molecule has 0 aromatic heterocycles. The van der Waals surface area contributed by atoms with Crippen LogP contribution in [0.1, 0.15) is 15.9 Å². The first-order valence-electron chi connectivity index (χ1n) is 9.14. The molecule has 0 spiro atoms. The Hall–Kier alpha value is -3.06. The van der Waals surface area contributed by atoms with Gasteiger partial charge in [0.05, 0.1) is 19.3 Å². The highest BCUT2D eigenvalue weighted by atomic mass is 16.5. The summed E-state index contributed by atoms with van der Waals surface area (Å²) in [6.07, 6.45) is 0. The van der Waals surface area contributed by atoms with E-state index in [1.54, 1.807) is 36.3 Å². The van der Waals surface area contributed by atoms with E-state index >= 15 is 0 Å². The Morgan fingerprint density at radius 1 is 0.964 bits per heavy atom. The smallest absolute Gasteiger partial charge is 0.338 e. The van der Waals surface area contributed by atoms with Crippen molar-refractivity contribution in [1.82, 2.24) is 4.90 Å². The molecule has 2 aromatic carbocycles. The van der Waals surface area contributed by atoms with Crippen LogP contribution < -0.4 is 9.64 Å². The summed E-state index contributed by atoms with van der Waals surface area (Å²) >= 11 is 0. The minimum Gasteiger partial charge on any atom is -0.497 e. The van der Waals surface area contributed by atoms with E-state index in [0.717, 1.165) is 11.4 Å². The van der Waals surface area contributed by atoms with Crippen molar-refractivity contribution in [2.24, 2.45) is 0 Å². The van der Waals surface area contributed by atoms with Gasteiger partial charge in [0.1, 0.15) is 5.75 Å². The molecule has 1 aliphatic heterocycles. The Balaban J connectivity index is 1.46. The maximum atomic E-state index is 12.3. The van der Waals surface area contributed by atoms with Crippen LogP contribution in [0.25, 0.3) is 0 Å². The van der Waals surface area contributed by atoms with E-state index in [9.17, 15) is 9.59 Å². The number of hydrogen-bond acceptors (Lipinski definition) is 6. The van der Waals surface area contributed by atoms with Gasteiger partial charge in [-0.25, -0.2) is 4.79 Å². The van der Waals surface area contributed by atoms with E-state index in [-0.39, 0.29) is 19.1 Å². The summed E-state index contributed by atoms with van der Waals surface area (Å²) in [5.41, 5.74) is 2.15. The average Bonchev–Trinajstić information content (AvgIpc) is 2.77. The second-order valence-electron chi connectivity index (χ2n) is 6.50. The number of aliphatic hydroxyl groups is 1. The minimum atomic E-state index is -0.547. The summed E-state index contributed by atoms with van der Waals surface area (Å²) in [6, 6.07) is 14.3. The van der Waals surface area contributed by atoms with Crippen molar-refractivity contribution in [3.05, 3.63) is 59.7 Å². The van der Waals surface area contributed by atoms with Gasteiger partial charge >= 0.3 is 5.97 Å². The average molecular weight is 384 g/mol. The molecule has 0 radical (unpaired) electrons. The zero-order valence-electron chi connectivity index (χ0n) is 15.8. The molecule has 7 nitrogen and oxygen atoms in total. The van der Waals surface area contributed by atoms with Crippen LogP contribution in [0.4, 0.5) is 5.69 Å². The predicted octanol–water partition coefficient (Wildman–Crippen LogP) is 1.69. The van der Waals surface area contributed by atoms with E-state index in [1.165, 1.54) is 0 Å². The molecular formula is C21H24N2O5. The lowest BCUT2D eigenvalue weighted by molar-refractivity contribution is -0.134. The fourth-order valence-corrected chi connectivity index (χ4v) is 3.06. The highest BCUT2D eigenvalue weighted by Gasteiger charge is 2.22. The van der Waals surface area contributed by atoms with Crippen LogP contribution in [0.15, 0.2) is 48.5 Å². The third kappa shape index (κ3) is 4.80. The first kappa shape index (κ1) is 19.7. The van der Waals surface area contributed by atoms with Gasteiger partial charge in [0.15, 0.2) is 6.61 Å². The van der Waals surface area contributed by atoms with Crippen molar-refractivity contribution >= 4 is 17.6 Å². The number of carbonyl (C=O) groups is 2. The minimum absolute atomic E-state index is 0.0870. The monoisotopic (exact) mass is 384 g/mol. The van der Waals surface area contributed by atoms with Gasteiger partial charge in [0.25, 0.3) is 5.91 Å². The van der Waals surface area contributed by atoms with Gasteiger partial charge in [-0.3, -0.25) is 4.79 Å². The molecule has 7 heteroatoms. The molecule has 1 saturated heterocycles. The molecule has 0 aliphatic carbocycles. The standard InChI is InChI=1S/C21H24N2O5/c1-27-19-8-6-18(7-9-19)22-10-12-23(13-11-22)20(25)15-28-21(26)17-4-2-16(14-24)3-5-17/h2-9,24H,10-15H2,1H3. The van der Waals surface area contributed by atoms with Gasteiger partial charge in [-0.15, -0.1) is 0 Å². The molecule has 0 unspecified atom stereocenters. The summed E-state index contributed by atoms with van der Waals surface area (Å²) in [5, 5.41) is 9.03. The molecule has 148 valence electrons. The summed E-state index contributed by atoms with van der Waals surface area (Å²) in [7, 11) is 1.64. The van der Waals surface area contributed by atoms with Crippen LogP contribution in [-0.4, -0.2) is 61.8 Å². The Labute approximate surface area is 164 Å². The maximum absolute atomic E-state index is 12.3. The van der Waals surface area contributed by atoms with E-state index in [4.69, 9.17) is 14.6 Å². The van der Waals surface area contributed by atoms with Crippen molar-refractivity contribution in [1.29, 1.82) is 0 Å². The highest BCUT2D eigenvalue weighted by Crippen LogP contribution is 2.20. The molecular weight excluding hydrogens is 360 g/mol. The first-order chi connectivity index (χ1) is 13.6. The number of anilines is 1. The van der Waals surface area contributed by atoms with Gasteiger partial charge in [-0.1, -0.05) is 12.1 Å². The van der Waals surface area contributed by atoms with Crippen LogP contribution in [0, 0.1) is 0 Å². The number of hydrogen-bond donors (Lipinski definition) is 1. The Morgan fingerprint density at radius 2 is 1.61 bits per heavy atom. The number of rotatable bonds is 6.